The zero-order valence-corrected chi connectivity index (χ0v) is 14.7. The highest BCUT2D eigenvalue weighted by Crippen LogP contribution is 2.33. The third-order valence-corrected chi connectivity index (χ3v) is 5.32. The Balaban J connectivity index is 1.54. The van der Waals surface area contributed by atoms with Crippen molar-refractivity contribution in [3.63, 3.8) is 0 Å². The summed E-state index contributed by atoms with van der Waals surface area (Å²) in [5.41, 5.74) is 1.36. The lowest BCUT2D eigenvalue weighted by molar-refractivity contribution is -0.116. The number of hydrogen-bond donors (Lipinski definition) is 2. The van der Waals surface area contributed by atoms with E-state index in [9.17, 15) is 14.4 Å². The number of carbonyl (C=O) groups is 2. The van der Waals surface area contributed by atoms with Crippen LogP contribution in [0.3, 0.4) is 0 Å². The molecule has 0 bridgehead atoms. The molecular weight excluding hydrogens is 354 g/mol. The van der Waals surface area contributed by atoms with E-state index in [4.69, 9.17) is 0 Å². The second kappa shape index (κ2) is 6.41. The van der Waals surface area contributed by atoms with Crippen LogP contribution in [0.15, 0.2) is 40.4 Å². The third-order valence-electron chi connectivity index (χ3n) is 4.23. The topological polar surface area (TPSA) is 110 Å². The standard InChI is InChI=1S/C17H15N5O3S/c1-9(23)10-3-2-4-11(5-10)19-14(24)6-12-8-26-17-20-15-13(7-18-21-15)16(25)22(12)17/h2-5,7,12H,6,8H2,1H3,(H,18,21)(H,19,24). The van der Waals surface area contributed by atoms with Crippen LogP contribution in [0.5, 0.6) is 0 Å². The number of hydrogen-bond acceptors (Lipinski definition) is 6. The SMILES string of the molecule is CC(=O)c1cccc(NC(=O)CC2CSc3nc4[nH]ncc4c(=O)n32)c1. The van der Waals surface area contributed by atoms with Crippen molar-refractivity contribution in [1.29, 1.82) is 0 Å². The molecule has 3 aromatic rings. The summed E-state index contributed by atoms with van der Waals surface area (Å²) in [6.07, 6.45) is 1.60. The van der Waals surface area contributed by atoms with E-state index in [1.807, 2.05) is 0 Å². The predicted molar refractivity (Wildman–Crippen MR) is 97.6 cm³/mol. The number of nitrogens with zero attached hydrogens (tertiary/aromatic N) is 3. The van der Waals surface area contributed by atoms with Gasteiger partial charge in [-0.05, 0) is 19.1 Å². The number of Topliss-reactive ketones (excluding diaryl/α,β-unsaturated/α-hetero) is 1. The molecule has 0 radical (unpaired) electrons. The number of carbonyl (C=O) groups excluding carboxylic acids is 2. The van der Waals surface area contributed by atoms with E-state index in [1.165, 1.54) is 24.9 Å². The molecule has 1 aliphatic rings. The Bertz CT molecular complexity index is 1090. The van der Waals surface area contributed by atoms with E-state index in [2.05, 4.69) is 20.5 Å². The summed E-state index contributed by atoms with van der Waals surface area (Å²) < 4.78 is 1.56. The molecule has 1 unspecified atom stereocenters. The summed E-state index contributed by atoms with van der Waals surface area (Å²) >= 11 is 1.44. The van der Waals surface area contributed by atoms with Crippen LogP contribution >= 0.6 is 11.8 Å². The summed E-state index contributed by atoms with van der Waals surface area (Å²) in [5.74, 6) is 0.315. The molecule has 1 aromatic carbocycles. The van der Waals surface area contributed by atoms with Crippen molar-refractivity contribution in [2.75, 3.05) is 11.1 Å². The van der Waals surface area contributed by atoms with Gasteiger partial charge in [-0.1, -0.05) is 23.9 Å². The monoisotopic (exact) mass is 369 g/mol. The molecule has 3 heterocycles. The van der Waals surface area contributed by atoms with Gasteiger partial charge in [0.1, 0.15) is 5.39 Å². The number of ketones is 1. The first-order valence-electron chi connectivity index (χ1n) is 8.02. The number of aromatic amines is 1. The smallest absolute Gasteiger partial charge is 0.265 e. The predicted octanol–water partition coefficient (Wildman–Crippen LogP) is 2.00. The lowest BCUT2D eigenvalue weighted by atomic mass is 10.1. The number of nitrogens with one attached hydrogen (secondary N) is 2. The van der Waals surface area contributed by atoms with E-state index < -0.39 is 0 Å². The van der Waals surface area contributed by atoms with Gasteiger partial charge in [0.15, 0.2) is 16.6 Å². The number of benzene rings is 1. The Morgan fingerprint density at radius 3 is 3.08 bits per heavy atom. The van der Waals surface area contributed by atoms with Crippen LogP contribution in [0.2, 0.25) is 0 Å². The zero-order valence-electron chi connectivity index (χ0n) is 13.9. The Labute approximate surface area is 152 Å². The van der Waals surface area contributed by atoms with Gasteiger partial charge in [-0.2, -0.15) is 5.10 Å². The average molecular weight is 369 g/mol. The van der Waals surface area contributed by atoms with Crippen LogP contribution in [0.1, 0.15) is 29.7 Å². The average Bonchev–Trinajstić information content (AvgIpc) is 3.23. The number of aromatic nitrogens is 4. The maximum absolute atomic E-state index is 12.6. The minimum atomic E-state index is -0.273. The first-order valence-corrected chi connectivity index (χ1v) is 9.01. The van der Waals surface area contributed by atoms with Crippen LogP contribution < -0.4 is 10.9 Å². The van der Waals surface area contributed by atoms with Crippen LogP contribution in [-0.2, 0) is 4.79 Å². The fourth-order valence-corrected chi connectivity index (χ4v) is 4.08. The second-order valence-corrected chi connectivity index (χ2v) is 7.04. The lowest BCUT2D eigenvalue weighted by Gasteiger charge is -2.13. The number of amides is 1. The van der Waals surface area contributed by atoms with Crippen molar-refractivity contribution in [3.8, 4) is 0 Å². The Morgan fingerprint density at radius 2 is 2.27 bits per heavy atom. The minimum Gasteiger partial charge on any atom is -0.326 e. The number of rotatable bonds is 4. The van der Waals surface area contributed by atoms with Crippen molar-refractivity contribution in [2.45, 2.75) is 24.5 Å². The zero-order chi connectivity index (χ0) is 18.3. The number of anilines is 1. The molecule has 9 heteroatoms. The Morgan fingerprint density at radius 1 is 1.42 bits per heavy atom. The van der Waals surface area contributed by atoms with Crippen LogP contribution in [0, 0.1) is 0 Å². The molecule has 132 valence electrons. The molecule has 1 aliphatic heterocycles. The van der Waals surface area contributed by atoms with E-state index in [1.54, 1.807) is 28.8 Å². The van der Waals surface area contributed by atoms with E-state index in [0.29, 0.717) is 33.2 Å². The summed E-state index contributed by atoms with van der Waals surface area (Å²) in [7, 11) is 0. The molecule has 0 saturated heterocycles. The Hall–Kier alpha value is -2.94. The molecule has 0 spiro atoms. The largest absolute Gasteiger partial charge is 0.326 e. The summed E-state index contributed by atoms with van der Waals surface area (Å²) in [4.78, 5) is 40.9. The highest BCUT2D eigenvalue weighted by molar-refractivity contribution is 7.99. The fourth-order valence-electron chi connectivity index (χ4n) is 2.95. The van der Waals surface area contributed by atoms with Crippen molar-refractivity contribution in [3.05, 3.63) is 46.4 Å². The molecule has 4 rings (SSSR count). The maximum Gasteiger partial charge on any atom is 0.265 e. The lowest BCUT2D eigenvalue weighted by Crippen LogP contribution is -2.27. The Kier molecular flexibility index (Phi) is 4.08. The second-order valence-electron chi connectivity index (χ2n) is 6.06. The van der Waals surface area contributed by atoms with E-state index in [-0.39, 0.29) is 29.7 Å². The summed E-state index contributed by atoms with van der Waals surface area (Å²) in [6.45, 7) is 1.48. The maximum atomic E-state index is 12.6. The molecular formula is C17H15N5O3S. The minimum absolute atomic E-state index is 0.0658. The van der Waals surface area contributed by atoms with Crippen molar-refractivity contribution in [2.24, 2.45) is 0 Å². The van der Waals surface area contributed by atoms with Crippen molar-refractivity contribution < 1.29 is 9.59 Å². The highest BCUT2D eigenvalue weighted by Gasteiger charge is 2.28. The number of H-pyrrole nitrogens is 1. The van der Waals surface area contributed by atoms with Gasteiger partial charge in [0, 0.05) is 23.4 Å². The number of fused-ring (bicyclic) bond motifs is 2. The first kappa shape index (κ1) is 16.5. The third kappa shape index (κ3) is 2.90. The van der Waals surface area contributed by atoms with E-state index >= 15 is 0 Å². The first-order chi connectivity index (χ1) is 12.5. The van der Waals surface area contributed by atoms with Gasteiger partial charge in [0.25, 0.3) is 5.56 Å². The van der Waals surface area contributed by atoms with Crippen LogP contribution in [-0.4, -0.2) is 37.2 Å². The van der Waals surface area contributed by atoms with E-state index in [0.717, 1.165) is 0 Å². The van der Waals surface area contributed by atoms with Gasteiger partial charge in [0.05, 0.1) is 12.2 Å². The summed E-state index contributed by atoms with van der Waals surface area (Å²) in [6, 6.07) is 6.51. The molecule has 8 nitrogen and oxygen atoms in total. The quantitative estimate of drug-likeness (QED) is 0.538. The van der Waals surface area contributed by atoms with Gasteiger partial charge < -0.3 is 5.32 Å². The molecule has 1 amide bonds. The molecule has 1 atom stereocenters. The van der Waals surface area contributed by atoms with Crippen LogP contribution in [0.25, 0.3) is 11.0 Å². The normalized spacial score (nSPS) is 15.8. The van der Waals surface area contributed by atoms with Crippen molar-refractivity contribution in [1.82, 2.24) is 19.7 Å². The highest BCUT2D eigenvalue weighted by atomic mass is 32.2. The van der Waals surface area contributed by atoms with Crippen molar-refractivity contribution >= 4 is 40.2 Å². The van der Waals surface area contributed by atoms with Gasteiger partial charge >= 0.3 is 0 Å². The summed E-state index contributed by atoms with van der Waals surface area (Å²) in [5, 5.41) is 10.3. The van der Waals surface area contributed by atoms with Gasteiger partial charge in [-0.15, -0.1) is 0 Å². The fraction of sp³-hybridized carbons (Fsp3) is 0.235. The molecule has 0 aliphatic carbocycles. The van der Waals surface area contributed by atoms with Crippen LogP contribution in [0.4, 0.5) is 5.69 Å². The molecule has 26 heavy (non-hydrogen) atoms. The van der Waals surface area contributed by atoms with Gasteiger partial charge in [-0.3, -0.25) is 24.0 Å². The molecule has 0 fully saturated rings. The van der Waals surface area contributed by atoms with Gasteiger partial charge in [-0.25, -0.2) is 4.98 Å². The molecule has 0 saturated carbocycles. The van der Waals surface area contributed by atoms with Gasteiger partial charge in [0.2, 0.25) is 5.91 Å². The molecule has 2 aromatic heterocycles. The number of thioether (sulfide) groups is 1. The molecule has 2 N–H and O–H groups in total.